The lowest BCUT2D eigenvalue weighted by Crippen LogP contribution is -2.32. The van der Waals surface area contributed by atoms with Gasteiger partial charge in [0.2, 0.25) is 5.91 Å². The molecule has 1 aliphatic heterocycles. The van der Waals surface area contributed by atoms with Gasteiger partial charge in [-0.25, -0.2) is 0 Å². The van der Waals surface area contributed by atoms with E-state index >= 15 is 0 Å². The van der Waals surface area contributed by atoms with Crippen LogP contribution in [0.15, 0.2) is 66.7 Å². The Morgan fingerprint density at radius 2 is 1.82 bits per heavy atom. The van der Waals surface area contributed by atoms with Crippen LogP contribution in [0.2, 0.25) is 0 Å². The summed E-state index contributed by atoms with van der Waals surface area (Å²) >= 11 is 0. The van der Waals surface area contributed by atoms with Gasteiger partial charge < -0.3 is 19.7 Å². The molecule has 0 spiro atoms. The van der Waals surface area contributed by atoms with Crippen LogP contribution < -0.4 is 14.8 Å². The summed E-state index contributed by atoms with van der Waals surface area (Å²) in [6, 6.07) is 17.7. The molecule has 2 amide bonds. The Balaban J connectivity index is 1.65. The quantitative estimate of drug-likeness (QED) is 0.395. The number of non-ortho nitro benzene ring substituents is 1. The third-order valence-corrected chi connectivity index (χ3v) is 5.74. The second-order valence-corrected chi connectivity index (χ2v) is 7.78. The number of nitro groups is 1. The first-order chi connectivity index (χ1) is 16.4. The summed E-state index contributed by atoms with van der Waals surface area (Å²) in [5.74, 6) is 0.456. The van der Waals surface area contributed by atoms with E-state index in [4.69, 9.17) is 9.47 Å². The van der Waals surface area contributed by atoms with Crippen LogP contribution in [0.4, 0.5) is 11.4 Å². The highest BCUT2D eigenvalue weighted by atomic mass is 16.6. The zero-order valence-corrected chi connectivity index (χ0v) is 18.7. The molecule has 0 unspecified atom stereocenters. The maximum Gasteiger partial charge on any atom is 0.271 e. The number of methoxy groups -OCH3 is 2. The van der Waals surface area contributed by atoms with Gasteiger partial charge in [0, 0.05) is 29.9 Å². The number of fused-ring (bicyclic) bond motifs is 1. The Labute approximate surface area is 196 Å². The number of nitrogens with one attached hydrogen (secondary N) is 1. The Morgan fingerprint density at radius 3 is 2.53 bits per heavy atom. The molecular formula is C25H23N3O6. The lowest BCUT2D eigenvalue weighted by Gasteiger charge is -2.28. The molecule has 9 heteroatoms. The van der Waals surface area contributed by atoms with Gasteiger partial charge in [-0.15, -0.1) is 0 Å². The van der Waals surface area contributed by atoms with Crippen LogP contribution in [0.5, 0.6) is 11.5 Å². The van der Waals surface area contributed by atoms with E-state index in [1.807, 2.05) is 12.1 Å². The second kappa shape index (κ2) is 9.62. The van der Waals surface area contributed by atoms with Crippen LogP contribution in [0.3, 0.4) is 0 Å². The predicted octanol–water partition coefficient (Wildman–Crippen LogP) is 4.34. The molecule has 0 saturated carbocycles. The standard InChI is InChI=1S/C25H23N3O6/c1-33-22-11-10-16(12-23(22)34-2)21(27-15-17-6-3-4-9-20(17)25(27)30)14-24(29)26-18-7-5-8-19(13-18)28(31)32/h3-13,21H,14-15H2,1-2H3,(H,26,29)/t21-/m1/s1. The van der Waals surface area contributed by atoms with Crippen molar-refractivity contribution in [2.45, 2.75) is 19.0 Å². The Morgan fingerprint density at radius 1 is 1.06 bits per heavy atom. The average Bonchev–Trinajstić information content (AvgIpc) is 3.18. The maximum absolute atomic E-state index is 13.2. The number of anilines is 1. The number of ether oxygens (including phenoxy) is 2. The summed E-state index contributed by atoms with van der Waals surface area (Å²) in [5, 5.41) is 13.8. The molecule has 9 nitrogen and oxygen atoms in total. The Hall–Kier alpha value is -4.40. The largest absolute Gasteiger partial charge is 0.493 e. The van der Waals surface area contributed by atoms with Crippen molar-refractivity contribution in [1.29, 1.82) is 0 Å². The lowest BCUT2D eigenvalue weighted by atomic mass is 10.0. The SMILES string of the molecule is COc1ccc([C@@H](CC(=O)Nc2cccc([N+](=O)[O-])c2)N2Cc3ccccc3C2=O)cc1OC. The minimum atomic E-state index is -0.599. The zero-order valence-electron chi connectivity index (χ0n) is 18.7. The van der Waals surface area contributed by atoms with Crippen molar-refractivity contribution in [3.63, 3.8) is 0 Å². The first kappa shape index (κ1) is 22.8. The van der Waals surface area contributed by atoms with Crippen molar-refractivity contribution in [2.75, 3.05) is 19.5 Å². The van der Waals surface area contributed by atoms with E-state index in [0.717, 1.165) is 5.56 Å². The number of benzene rings is 3. The van der Waals surface area contributed by atoms with Gasteiger partial charge in [-0.3, -0.25) is 19.7 Å². The molecule has 4 rings (SSSR count). The van der Waals surface area contributed by atoms with E-state index in [1.54, 1.807) is 41.3 Å². The molecular weight excluding hydrogens is 438 g/mol. The highest BCUT2D eigenvalue weighted by Gasteiger charge is 2.35. The van der Waals surface area contributed by atoms with Crippen LogP contribution in [-0.2, 0) is 11.3 Å². The van der Waals surface area contributed by atoms with Gasteiger partial charge in [-0.2, -0.15) is 0 Å². The zero-order chi connectivity index (χ0) is 24.2. The predicted molar refractivity (Wildman–Crippen MR) is 125 cm³/mol. The van der Waals surface area contributed by atoms with Crippen molar-refractivity contribution in [1.82, 2.24) is 4.90 Å². The van der Waals surface area contributed by atoms with Gasteiger partial charge in [0.25, 0.3) is 11.6 Å². The molecule has 1 aliphatic rings. The summed E-state index contributed by atoms with van der Waals surface area (Å²) in [7, 11) is 3.05. The fourth-order valence-corrected chi connectivity index (χ4v) is 4.08. The van der Waals surface area contributed by atoms with Gasteiger partial charge in [-0.1, -0.05) is 30.3 Å². The van der Waals surface area contributed by atoms with E-state index in [2.05, 4.69) is 5.32 Å². The molecule has 0 radical (unpaired) electrons. The molecule has 1 heterocycles. The van der Waals surface area contributed by atoms with E-state index in [-0.39, 0.29) is 23.9 Å². The third-order valence-electron chi connectivity index (χ3n) is 5.74. The van der Waals surface area contributed by atoms with E-state index in [0.29, 0.717) is 34.9 Å². The minimum Gasteiger partial charge on any atom is -0.493 e. The monoisotopic (exact) mass is 461 g/mol. The lowest BCUT2D eigenvalue weighted by molar-refractivity contribution is -0.384. The number of carbonyl (C=O) groups is 2. The van der Waals surface area contributed by atoms with Gasteiger partial charge in [0.1, 0.15) is 0 Å². The molecule has 34 heavy (non-hydrogen) atoms. The minimum absolute atomic E-state index is 0.0576. The molecule has 0 aliphatic carbocycles. The summed E-state index contributed by atoms with van der Waals surface area (Å²) in [5.41, 5.74) is 2.37. The van der Waals surface area contributed by atoms with Crippen LogP contribution in [0.1, 0.15) is 33.9 Å². The maximum atomic E-state index is 13.2. The number of hydrogen-bond donors (Lipinski definition) is 1. The summed E-state index contributed by atoms with van der Waals surface area (Å²) in [4.78, 5) is 38.4. The number of hydrogen-bond acceptors (Lipinski definition) is 6. The molecule has 0 saturated heterocycles. The second-order valence-electron chi connectivity index (χ2n) is 7.78. The number of carbonyl (C=O) groups excluding carboxylic acids is 2. The van der Waals surface area contributed by atoms with Gasteiger partial charge >= 0.3 is 0 Å². The molecule has 174 valence electrons. The Kier molecular flexibility index (Phi) is 6.44. The number of rotatable bonds is 8. The van der Waals surface area contributed by atoms with Crippen molar-refractivity contribution in [3.8, 4) is 11.5 Å². The number of nitrogens with zero attached hydrogens (tertiary/aromatic N) is 2. The van der Waals surface area contributed by atoms with E-state index < -0.39 is 11.0 Å². The summed E-state index contributed by atoms with van der Waals surface area (Å²) < 4.78 is 10.7. The van der Waals surface area contributed by atoms with E-state index in [1.165, 1.54) is 32.4 Å². The first-order valence-corrected chi connectivity index (χ1v) is 10.6. The van der Waals surface area contributed by atoms with Gasteiger partial charge in [0.15, 0.2) is 11.5 Å². The van der Waals surface area contributed by atoms with Crippen LogP contribution >= 0.6 is 0 Å². The van der Waals surface area contributed by atoms with Crippen molar-refractivity contribution in [2.24, 2.45) is 0 Å². The first-order valence-electron chi connectivity index (χ1n) is 10.6. The molecule has 1 atom stereocenters. The van der Waals surface area contributed by atoms with Gasteiger partial charge in [0.05, 0.1) is 31.6 Å². The van der Waals surface area contributed by atoms with Gasteiger partial charge in [-0.05, 0) is 35.4 Å². The summed E-state index contributed by atoms with van der Waals surface area (Å²) in [6.45, 7) is 0.359. The van der Waals surface area contributed by atoms with E-state index in [9.17, 15) is 19.7 Å². The topological polar surface area (TPSA) is 111 Å². The Bertz CT molecular complexity index is 1260. The van der Waals surface area contributed by atoms with Crippen LogP contribution in [-0.4, -0.2) is 35.9 Å². The molecule has 3 aromatic carbocycles. The third kappa shape index (κ3) is 4.54. The van der Waals surface area contributed by atoms with Crippen LogP contribution in [0.25, 0.3) is 0 Å². The average molecular weight is 461 g/mol. The normalized spacial score (nSPS) is 13.2. The summed E-state index contributed by atoms with van der Waals surface area (Å²) in [6.07, 6.45) is -0.0576. The number of amides is 2. The highest BCUT2D eigenvalue weighted by molar-refractivity contribution is 5.99. The molecule has 0 bridgehead atoms. The number of nitro benzene ring substituents is 1. The van der Waals surface area contributed by atoms with Crippen molar-refractivity contribution < 1.29 is 24.0 Å². The van der Waals surface area contributed by atoms with Crippen molar-refractivity contribution in [3.05, 3.63) is 93.5 Å². The fraction of sp³-hybridized carbons (Fsp3) is 0.200. The highest BCUT2D eigenvalue weighted by Crippen LogP contribution is 2.37. The fourth-order valence-electron chi connectivity index (χ4n) is 4.08. The smallest absolute Gasteiger partial charge is 0.271 e. The molecule has 3 aromatic rings. The molecule has 0 aromatic heterocycles. The molecule has 1 N–H and O–H groups in total. The molecule has 0 fully saturated rings. The van der Waals surface area contributed by atoms with Crippen molar-refractivity contribution >= 4 is 23.2 Å². The van der Waals surface area contributed by atoms with Crippen LogP contribution in [0, 0.1) is 10.1 Å².